The van der Waals surface area contributed by atoms with Crippen LogP contribution >= 0.6 is 27.5 Å². The lowest BCUT2D eigenvalue weighted by Crippen LogP contribution is -2.01. The van der Waals surface area contributed by atoms with Crippen molar-refractivity contribution in [2.75, 3.05) is 0 Å². The minimum Gasteiger partial charge on any atom is -0.261 e. The maximum Gasteiger partial charge on any atom is 0.0453 e. The number of aromatic nitrogens is 1. The summed E-state index contributed by atoms with van der Waals surface area (Å²) in [6.07, 6.45) is 2.71. The minimum atomic E-state index is 0.241. The van der Waals surface area contributed by atoms with Gasteiger partial charge in [-0.15, -0.1) is 0 Å². The molecule has 2 aromatic rings. The molecule has 0 bridgehead atoms. The van der Waals surface area contributed by atoms with Crippen LogP contribution in [0.5, 0.6) is 0 Å². The van der Waals surface area contributed by atoms with Crippen LogP contribution in [0.3, 0.4) is 0 Å². The molecular formula is C15H15BrClN. The number of aryl methyl sites for hydroxylation is 1. The SMILES string of the molecule is Cc1cccnc1CC(Br)c1cccc(Cl)c1C. The number of hydrogen-bond donors (Lipinski definition) is 0. The molecule has 1 unspecified atom stereocenters. The Labute approximate surface area is 121 Å². The van der Waals surface area contributed by atoms with Crippen LogP contribution in [-0.2, 0) is 6.42 Å². The standard InChI is InChI=1S/C15H15BrClN/c1-10-5-4-8-18-15(10)9-13(16)12-6-3-7-14(17)11(12)2/h3-8,13H,9H2,1-2H3. The highest BCUT2D eigenvalue weighted by Crippen LogP contribution is 2.32. The normalized spacial score (nSPS) is 12.4. The van der Waals surface area contributed by atoms with E-state index < -0.39 is 0 Å². The quantitative estimate of drug-likeness (QED) is 0.722. The van der Waals surface area contributed by atoms with Crippen LogP contribution in [0.15, 0.2) is 36.5 Å². The van der Waals surface area contributed by atoms with Crippen LogP contribution in [-0.4, -0.2) is 4.98 Å². The average Bonchev–Trinajstić information content (AvgIpc) is 2.35. The molecule has 0 aliphatic heterocycles. The van der Waals surface area contributed by atoms with Gasteiger partial charge in [0.2, 0.25) is 0 Å². The molecule has 3 heteroatoms. The topological polar surface area (TPSA) is 12.9 Å². The van der Waals surface area contributed by atoms with Crippen molar-refractivity contribution >= 4 is 27.5 Å². The Balaban J connectivity index is 2.25. The van der Waals surface area contributed by atoms with Gasteiger partial charge >= 0.3 is 0 Å². The highest BCUT2D eigenvalue weighted by Gasteiger charge is 2.14. The van der Waals surface area contributed by atoms with Gasteiger partial charge < -0.3 is 0 Å². The maximum atomic E-state index is 6.16. The van der Waals surface area contributed by atoms with Crippen LogP contribution < -0.4 is 0 Å². The Morgan fingerprint density at radius 1 is 1.22 bits per heavy atom. The van der Waals surface area contributed by atoms with E-state index in [9.17, 15) is 0 Å². The summed E-state index contributed by atoms with van der Waals surface area (Å²) in [6.45, 7) is 4.14. The molecule has 0 spiro atoms. The molecule has 1 aromatic heterocycles. The predicted octanol–water partition coefficient (Wildman–Crippen LogP) is 5.03. The molecule has 0 N–H and O–H groups in total. The van der Waals surface area contributed by atoms with Gasteiger partial charge in [-0.05, 0) is 42.7 Å². The zero-order valence-electron chi connectivity index (χ0n) is 10.5. The molecule has 94 valence electrons. The summed E-state index contributed by atoms with van der Waals surface area (Å²) < 4.78 is 0. The Kier molecular flexibility index (Phi) is 4.41. The van der Waals surface area contributed by atoms with Crippen molar-refractivity contribution in [1.82, 2.24) is 4.98 Å². The molecule has 2 rings (SSSR count). The number of halogens is 2. The summed E-state index contributed by atoms with van der Waals surface area (Å²) in [5, 5.41) is 0.815. The molecule has 0 aliphatic rings. The molecule has 0 saturated carbocycles. The van der Waals surface area contributed by atoms with Crippen molar-refractivity contribution in [2.24, 2.45) is 0 Å². The molecule has 1 heterocycles. The second-order valence-corrected chi connectivity index (χ2v) is 5.91. The van der Waals surface area contributed by atoms with Crippen molar-refractivity contribution in [3.05, 3.63) is 63.9 Å². The summed E-state index contributed by atoms with van der Waals surface area (Å²) in [4.78, 5) is 4.67. The summed E-state index contributed by atoms with van der Waals surface area (Å²) >= 11 is 9.90. The fourth-order valence-electron chi connectivity index (χ4n) is 1.98. The van der Waals surface area contributed by atoms with Gasteiger partial charge in [-0.25, -0.2) is 0 Å². The molecule has 0 aliphatic carbocycles. The van der Waals surface area contributed by atoms with Crippen molar-refractivity contribution in [3.63, 3.8) is 0 Å². The molecule has 0 amide bonds. The van der Waals surface area contributed by atoms with E-state index in [1.165, 1.54) is 11.1 Å². The Morgan fingerprint density at radius 2 is 2.00 bits per heavy atom. The molecule has 1 nitrogen and oxygen atoms in total. The van der Waals surface area contributed by atoms with Gasteiger partial charge in [-0.1, -0.05) is 45.7 Å². The molecule has 0 radical (unpaired) electrons. The minimum absolute atomic E-state index is 0.241. The van der Waals surface area contributed by atoms with Crippen LogP contribution in [0, 0.1) is 13.8 Å². The third kappa shape index (κ3) is 2.93. The first-order chi connectivity index (χ1) is 8.59. The molecule has 18 heavy (non-hydrogen) atoms. The van der Waals surface area contributed by atoms with Crippen LogP contribution in [0.1, 0.15) is 27.2 Å². The fourth-order valence-corrected chi connectivity index (χ4v) is 2.96. The lowest BCUT2D eigenvalue weighted by molar-refractivity contribution is 0.885. The molecular weight excluding hydrogens is 310 g/mol. The van der Waals surface area contributed by atoms with Crippen LogP contribution in [0.4, 0.5) is 0 Å². The molecule has 0 saturated heterocycles. The van der Waals surface area contributed by atoms with Gasteiger partial charge in [0.25, 0.3) is 0 Å². The summed E-state index contributed by atoms with van der Waals surface area (Å²) in [6, 6.07) is 10.1. The number of alkyl halides is 1. The second-order valence-electron chi connectivity index (χ2n) is 4.39. The average molecular weight is 325 g/mol. The van der Waals surface area contributed by atoms with E-state index in [1.807, 2.05) is 24.4 Å². The Morgan fingerprint density at radius 3 is 2.72 bits per heavy atom. The molecule has 0 fully saturated rings. The lowest BCUT2D eigenvalue weighted by Gasteiger charge is -2.14. The van der Waals surface area contributed by atoms with E-state index in [0.717, 1.165) is 22.7 Å². The first-order valence-corrected chi connectivity index (χ1v) is 7.18. The zero-order chi connectivity index (χ0) is 13.1. The van der Waals surface area contributed by atoms with E-state index in [1.54, 1.807) is 0 Å². The largest absolute Gasteiger partial charge is 0.261 e. The van der Waals surface area contributed by atoms with Crippen molar-refractivity contribution < 1.29 is 0 Å². The smallest absolute Gasteiger partial charge is 0.0453 e. The van der Waals surface area contributed by atoms with Gasteiger partial charge in [0.15, 0.2) is 0 Å². The first-order valence-electron chi connectivity index (χ1n) is 5.89. The highest BCUT2D eigenvalue weighted by atomic mass is 79.9. The van der Waals surface area contributed by atoms with Gasteiger partial charge in [-0.2, -0.15) is 0 Å². The monoisotopic (exact) mass is 323 g/mol. The van der Waals surface area contributed by atoms with Crippen molar-refractivity contribution in [3.8, 4) is 0 Å². The first kappa shape index (κ1) is 13.6. The van der Waals surface area contributed by atoms with E-state index in [-0.39, 0.29) is 4.83 Å². The number of rotatable bonds is 3. The third-order valence-electron chi connectivity index (χ3n) is 3.14. The Hall–Kier alpha value is -0.860. The van der Waals surface area contributed by atoms with E-state index in [0.29, 0.717) is 0 Å². The maximum absolute atomic E-state index is 6.16. The zero-order valence-corrected chi connectivity index (χ0v) is 12.8. The highest BCUT2D eigenvalue weighted by molar-refractivity contribution is 9.09. The van der Waals surface area contributed by atoms with Gasteiger partial charge in [0.1, 0.15) is 0 Å². The lowest BCUT2D eigenvalue weighted by atomic mass is 10.0. The predicted molar refractivity (Wildman–Crippen MR) is 80.5 cm³/mol. The van der Waals surface area contributed by atoms with E-state index in [4.69, 9.17) is 11.6 Å². The van der Waals surface area contributed by atoms with Crippen LogP contribution in [0.25, 0.3) is 0 Å². The van der Waals surface area contributed by atoms with Gasteiger partial charge in [-0.3, -0.25) is 4.98 Å². The van der Waals surface area contributed by atoms with Crippen LogP contribution in [0.2, 0.25) is 5.02 Å². The van der Waals surface area contributed by atoms with Gasteiger partial charge in [0.05, 0.1) is 0 Å². The number of pyridine rings is 1. The molecule has 1 atom stereocenters. The van der Waals surface area contributed by atoms with E-state index in [2.05, 4.69) is 46.9 Å². The van der Waals surface area contributed by atoms with Crippen molar-refractivity contribution in [2.45, 2.75) is 25.1 Å². The third-order valence-corrected chi connectivity index (χ3v) is 4.36. The number of benzene rings is 1. The summed E-state index contributed by atoms with van der Waals surface area (Å²) in [5.41, 5.74) is 4.71. The van der Waals surface area contributed by atoms with Crippen molar-refractivity contribution in [1.29, 1.82) is 0 Å². The second kappa shape index (κ2) is 5.85. The Bertz CT molecular complexity index is 554. The molecule has 1 aromatic carbocycles. The summed E-state index contributed by atoms with van der Waals surface area (Å²) in [5.74, 6) is 0. The summed E-state index contributed by atoms with van der Waals surface area (Å²) in [7, 11) is 0. The number of hydrogen-bond acceptors (Lipinski definition) is 1. The van der Waals surface area contributed by atoms with Gasteiger partial charge in [0, 0.05) is 28.2 Å². The fraction of sp³-hybridized carbons (Fsp3) is 0.267. The number of nitrogens with zero attached hydrogens (tertiary/aromatic N) is 1. The van der Waals surface area contributed by atoms with E-state index >= 15 is 0 Å².